The van der Waals surface area contributed by atoms with E-state index < -0.39 is 5.60 Å². The highest BCUT2D eigenvalue weighted by atomic mass is 16.6. The fraction of sp³-hybridized carbons (Fsp3) is 0.909. The second-order valence-corrected chi connectivity index (χ2v) is 5.66. The summed E-state index contributed by atoms with van der Waals surface area (Å²) in [5.74, 6) is 0. The summed E-state index contributed by atoms with van der Waals surface area (Å²) in [5, 5.41) is 0. The van der Waals surface area contributed by atoms with Gasteiger partial charge in [0.15, 0.2) is 0 Å². The summed E-state index contributed by atoms with van der Waals surface area (Å²) in [6, 6.07) is 0. The molecule has 1 heterocycles. The minimum absolute atomic E-state index is 0.0725. The van der Waals surface area contributed by atoms with Gasteiger partial charge in [0.1, 0.15) is 5.60 Å². The Morgan fingerprint density at radius 1 is 1.44 bits per heavy atom. The van der Waals surface area contributed by atoms with Crippen molar-refractivity contribution in [3.63, 3.8) is 0 Å². The van der Waals surface area contributed by atoms with Crippen LogP contribution in [-0.4, -0.2) is 60.8 Å². The molecule has 94 valence electrons. The molecule has 1 aliphatic heterocycles. The smallest absolute Gasteiger partial charge is 0.410 e. The van der Waals surface area contributed by atoms with Crippen LogP contribution in [0.25, 0.3) is 0 Å². The SMILES string of the molecule is CN(C)C1(CN)CN(C(=O)OC(C)(C)C)C1. The van der Waals surface area contributed by atoms with Gasteiger partial charge >= 0.3 is 6.09 Å². The van der Waals surface area contributed by atoms with Crippen molar-refractivity contribution in [2.24, 2.45) is 5.73 Å². The molecule has 0 radical (unpaired) electrons. The van der Waals surface area contributed by atoms with Gasteiger partial charge < -0.3 is 15.4 Å². The zero-order valence-corrected chi connectivity index (χ0v) is 10.9. The number of nitrogens with zero attached hydrogens (tertiary/aromatic N) is 2. The quantitative estimate of drug-likeness (QED) is 0.749. The summed E-state index contributed by atoms with van der Waals surface area (Å²) >= 11 is 0. The number of hydrogen-bond acceptors (Lipinski definition) is 4. The van der Waals surface area contributed by atoms with Crippen LogP contribution in [-0.2, 0) is 4.74 Å². The van der Waals surface area contributed by atoms with E-state index in [1.807, 2.05) is 34.9 Å². The first-order valence-electron chi connectivity index (χ1n) is 5.56. The minimum atomic E-state index is -0.434. The Kier molecular flexibility index (Phi) is 3.50. The fourth-order valence-electron chi connectivity index (χ4n) is 1.71. The highest BCUT2D eigenvalue weighted by Gasteiger charge is 2.47. The minimum Gasteiger partial charge on any atom is -0.444 e. The average Bonchev–Trinajstić information content (AvgIpc) is 1.98. The molecule has 0 saturated carbocycles. The van der Waals surface area contributed by atoms with E-state index in [9.17, 15) is 4.79 Å². The maximum Gasteiger partial charge on any atom is 0.410 e. The van der Waals surface area contributed by atoms with Gasteiger partial charge in [-0.3, -0.25) is 4.90 Å². The highest BCUT2D eigenvalue weighted by Crippen LogP contribution is 2.26. The van der Waals surface area contributed by atoms with Crippen LogP contribution in [0.2, 0.25) is 0 Å². The highest BCUT2D eigenvalue weighted by molar-refractivity contribution is 5.69. The average molecular weight is 229 g/mol. The molecule has 0 aliphatic carbocycles. The molecule has 2 N–H and O–H groups in total. The molecule has 0 atom stereocenters. The number of likely N-dealkylation sites (N-methyl/N-ethyl adjacent to an activating group) is 1. The predicted molar refractivity (Wildman–Crippen MR) is 63.3 cm³/mol. The van der Waals surface area contributed by atoms with Crippen molar-refractivity contribution >= 4 is 6.09 Å². The van der Waals surface area contributed by atoms with Crippen LogP contribution < -0.4 is 5.73 Å². The van der Waals surface area contributed by atoms with Crippen molar-refractivity contribution in [1.82, 2.24) is 9.80 Å². The second kappa shape index (κ2) is 4.22. The zero-order chi connectivity index (χ0) is 12.6. The number of rotatable bonds is 2. The Bertz CT molecular complexity index is 265. The summed E-state index contributed by atoms with van der Waals surface area (Å²) in [5.41, 5.74) is 5.23. The van der Waals surface area contributed by atoms with Crippen molar-refractivity contribution in [2.75, 3.05) is 33.7 Å². The molecular formula is C11H23N3O2. The summed E-state index contributed by atoms with van der Waals surface area (Å²) in [6.45, 7) is 7.45. The van der Waals surface area contributed by atoms with Crippen molar-refractivity contribution in [2.45, 2.75) is 31.9 Å². The van der Waals surface area contributed by atoms with Crippen LogP contribution in [0.1, 0.15) is 20.8 Å². The topological polar surface area (TPSA) is 58.8 Å². The molecule has 0 aromatic heterocycles. The largest absolute Gasteiger partial charge is 0.444 e. The fourth-order valence-corrected chi connectivity index (χ4v) is 1.71. The lowest BCUT2D eigenvalue weighted by molar-refractivity contribution is -0.0442. The van der Waals surface area contributed by atoms with Crippen LogP contribution in [0.5, 0.6) is 0 Å². The molecule has 0 spiro atoms. The third-order valence-electron chi connectivity index (χ3n) is 2.95. The number of ether oxygens (including phenoxy) is 1. The monoisotopic (exact) mass is 229 g/mol. The van der Waals surface area contributed by atoms with Crippen molar-refractivity contribution in [3.05, 3.63) is 0 Å². The number of hydrogen-bond donors (Lipinski definition) is 1. The Morgan fingerprint density at radius 3 is 2.25 bits per heavy atom. The van der Waals surface area contributed by atoms with Crippen molar-refractivity contribution in [3.8, 4) is 0 Å². The molecule has 1 saturated heterocycles. The van der Waals surface area contributed by atoms with Gasteiger partial charge in [-0.1, -0.05) is 0 Å². The number of amides is 1. The van der Waals surface area contributed by atoms with Gasteiger partial charge in [0.05, 0.1) is 5.54 Å². The molecule has 5 nitrogen and oxygen atoms in total. The summed E-state index contributed by atoms with van der Waals surface area (Å²) in [4.78, 5) is 15.5. The van der Waals surface area contributed by atoms with Crippen LogP contribution in [0.15, 0.2) is 0 Å². The third kappa shape index (κ3) is 2.65. The van der Waals surface area contributed by atoms with Gasteiger partial charge in [0, 0.05) is 19.6 Å². The van der Waals surface area contributed by atoms with Gasteiger partial charge in [0.25, 0.3) is 0 Å². The number of nitrogens with two attached hydrogens (primary N) is 1. The Labute approximate surface area is 97.5 Å². The Morgan fingerprint density at radius 2 is 1.94 bits per heavy atom. The summed E-state index contributed by atoms with van der Waals surface area (Å²) in [7, 11) is 3.97. The number of carbonyl (C=O) groups excluding carboxylic acids is 1. The number of carbonyl (C=O) groups is 1. The number of likely N-dealkylation sites (tertiary alicyclic amines) is 1. The normalized spacial score (nSPS) is 19.6. The molecule has 0 unspecified atom stereocenters. The maximum atomic E-state index is 11.7. The molecule has 0 aromatic rings. The first kappa shape index (κ1) is 13.3. The lowest BCUT2D eigenvalue weighted by Crippen LogP contribution is -2.73. The predicted octanol–water partition coefficient (Wildman–Crippen LogP) is 0.496. The van der Waals surface area contributed by atoms with Gasteiger partial charge in [0.2, 0.25) is 0 Å². The second-order valence-electron chi connectivity index (χ2n) is 5.66. The lowest BCUT2D eigenvalue weighted by Gasteiger charge is -2.53. The summed E-state index contributed by atoms with van der Waals surface area (Å²) in [6.07, 6.45) is -0.251. The van der Waals surface area contributed by atoms with Crippen molar-refractivity contribution in [1.29, 1.82) is 0 Å². The molecule has 16 heavy (non-hydrogen) atoms. The van der Waals surface area contributed by atoms with Gasteiger partial charge in [-0.05, 0) is 34.9 Å². The molecule has 0 bridgehead atoms. The van der Waals surface area contributed by atoms with Crippen LogP contribution in [0.4, 0.5) is 4.79 Å². The summed E-state index contributed by atoms with van der Waals surface area (Å²) < 4.78 is 5.29. The molecule has 1 aliphatic rings. The molecule has 1 amide bonds. The van der Waals surface area contributed by atoms with E-state index >= 15 is 0 Å². The molecule has 0 aromatic carbocycles. The van der Waals surface area contributed by atoms with E-state index in [4.69, 9.17) is 10.5 Å². The zero-order valence-electron chi connectivity index (χ0n) is 10.9. The Hall–Kier alpha value is -0.810. The van der Waals surface area contributed by atoms with Gasteiger partial charge in [-0.25, -0.2) is 4.79 Å². The Balaban J connectivity index is 2.49. The van der Waals surface area contributed by atoms with E-state index in [-0.39, 0.29) is 11.6 Å². The van der Waals surface area contributed by atoms with E-state index in [2.05, 4.69) is 4.90 Å². The first-order chi connectivity index (χ1) is 7.20. The molecule has 5 heteroatoms. The molecular weight excluding hydrogens is 206 g/mol. The lowest BCUT2D eigenvalue weighted by atomic mass is 9.89. The van der Waals surface area contributed by atoms with Crippen LogP contribution >= 0.6 is 0 Å². The third-order valence-corrected chi connectivity index (χ3v) is 2.95. The van der Waals surface area contributed by atoms with Crippen LogP contribution in [0, 0.1) is 0 Å². The van der Waals surface area contributed by atoms with E-state index in [0.717, 1.165) is 0 Å². The standard InChI is InChI=1S/C11H23N3O2/c1-10(2,3)16-9(15)14-7-11(6-12,8-14)13(4)5/h6-8,12H2,1-5H3. The van der Waals surface area contributed by atoms with E-state index in [1.165, 1.54) is 0 Å². The maximum absolute atomic E-state index is 11.7. The molecule has 1 fully saturated rings. The first-order valence-corrected chi connectivity index (χ1v) is 5.56. The van der Waals surface area contributed by atoms with E-state index in [0.29, 0.717) is 19.6 Å². The van der Waals surface area contributed by atoms with Crippen LogP contribution in [0.3, 0.4) is 0 Å². The van der Waals surface area contributed by atoms with Crippen molar-refractivity contribution < 1.29 is 9.53 Å². The van der Waals surface area contributed by atoms with Gasteiger partial charge in [-0.15, -0.1) is 0 Å². The van der Waals surface area contributed by atoms with E-state index in [1.54, 1.807) is 4.90 Å². The van der Waals surface area contributed by atoms with Gasteiger partial charge in [-0.2, -0.15) is 0 Å². The molecule has 1 rings (SSSR count).